The van der Waals surface area contributed by atoms with Crippen molar-refractivity contribution in [3.8, 4) is 0 Å². The summed E-state index contributed by atoms with van der Waals surface area (Å²) in [4.78, 5) is 14.4. The number of rotatable bonds is 6. The molecule has 1 fully saturated rings. The smallest absolute Gasteiger partial charge is 0.326 e. The van der Waals surface area contributed by atoms with Gasteiger partial charge in [-0.3, -0.25) is 9.12 Å². The van der Waals surface area contributed by atoms with Gasteiger partial charge in [0.2, 0.25) is 0 Å². The largest absolute Gasteiger partial charge is 0.385 e. The number of imidazole rings is 1. The lowest BCUT2D eigenvalue weighted by Gasteiger charge is -2.22. The summed E-state index contributed by atoms with van der Waals surface area (Å²) < 4.78 is 38.2. The van der Waals surface area contributed by atoms with Crippen LogP contribution < -0.4 is 11.0 Å². The molecule has 0 bridgehead atoms. The van der Waals surface area contributed by atoms with Gasteiger partial charge in [0.25, 0.3) is 10.1 Å². The van der Waals surface area contributed by atoms with Gasteiger partial charge < -0.3 is 15.0 Å². The molecule has 4 rings (SSSR count). The van der Waals surface area contributed by atoms with Crippen molar-refractivity contribution in [2.75, 3.05) is 25.1 Å². The number of aromatic amines is 1. The molecule has 0 spiro atoms. The van der Waals surface area contributed by atoms with E-state index in [-0.39, 0.29) is 10.6 Å². The maximum absolute atomic E-state index is 12.0. The summed E-state index contributed by atoms with van der Waals surface area (Å²) >= 11 is 0. The summed E-state index contributed by atoms with van der Waals surface area (Å²) in [6.07, 6.45) is 1.81. The minimum absolute atomic E-state index is 0.227. The number of H-pyrrole nitrogens is 1. The zero-order valence-corrected chi connectivity index (χ0v) is 21.1. The monoisotopic (exact) mass is 489 g/mol. The maximum atomic E-state index is 12.0. The van der Waals surface area contributed by atoms with E-state index < -0.39 is 10.1 Å². The van der Waals surface area contributed by atoms with Crippen LogP contribution in [-0.2, 0) is 21.4 Å². The van der Waals surface area contributed by atoms with Gasteiger partial charge in [0.15, 0.2) is 0 Å². The quantitative estimate of drug-likeness (QED) is 0.443. The molecule has 186 valence electrons. The molecule has 0 atom stereocenters. The Morgan fingerprint density at radius 1 is 1.15 bits per heavy atom. The van der Waals surface area contributed by atoms with Gasteiger partial charge in [0, 0.05) is 32.0 Å². The van der Waals surface area contributed by atoms with E-state index in [1.165, 1.54) is 35.0 Å². The summed E-state index contributed by atoms with van der Waals surface area (Å²) in [5.41, 5.74) is 4.69. The van der Waals surface area contributed by atoms with Crippen molar-refractivity contribution in [1.82, 2.24) is 9.55 Å². The van der Waals surface area contributed by atoms with Gasteiger partial charge in [-0.1, -0.05) is 31.5 Å². The summed E-state index contributed by atoms with van der Waals surface area (Å²) in [5, 5.41) is 3.44. The topological polar surface area (TPSA) is 113 Å². The Morgan fingerprint density at radius 2 is 1.85 bits per heavy atom. The number of benzene rings is 2. The molecular weight excluding hydrogens is 454 g/mol. The van der Waals surface area contributed by atoms with E-state index in [0.29, 0.717) is 42.6 Å². The highest BCUT2D eigenvalue weighted by atomic mass is 32.2. The zero-order valence-electron chi connectivity index (χ0n) is 20.3. The van der Waals surface area contributed by atoms with E-state index in [9.17, 15) is 13.2 Å². The zero-order chi connectivity index (χ0) is 24.9. The molecule has 9 heteroatoms. The van der Waals surface area contributed by atoms with Gasteiger partial charge in [-0.15, -0.1) is 0 Å². The highest BCUT2D eigenvalue weighted by Gasteiger charge is 2.18. The molecule has 0 saturated carbocycles. The van der Waals surface area contributed by atoms with Gasteiger partial charge in [0.1, 0.15) is 0 Å². The van der Waals surface area contributed by atoms with Gasteiger partial charge in [-0.25, -0.2) is 4.79 Å². The lowest BCUT2D eigenvalue weighted by molar-refractivity contribution is 0.0613. The molecule has 0 radical (unpaired) electrons. The number of hydrogen-bond acceptors (Lipinski definition) is 5. The number of fused-ring (bicyclic) bond motifs is 1. The van der Waals surface area contributed by atoms with E-state index in [1.807, 2.05) is 0 Å². The van der Waals surface area contributed by atoms with E-state index >= 15 is 0 Å². The third kappa shape index (κ3) is 6.94. The van der Waals surface area contributed by atoms with Crippen molar-refractivity contribution in [3.63, 3.8) is 0 Å². The average molecular weight is 490 g/mol. The van der Waals surface area contributed by atoms with Gasteiger partial charge in [-0.05, 0) is 68.4 Å². The fraction of sp³-hybridized carbons (Fsp3) is 0.480. The summed E-state index contributed by atoms with van der Waals surface area (Å²) in [6, 6.07) is 10.6. The molecule has 0 amide bonds. The summed E-state index contributed by atoms with van der Waals surface area (Å²) in [6.45, 7) is 11.7. The van der Waals surface area contributed by atoms with Crippen molar-refractivity contribution in [2.45, 2.75) is 52.0 Å². The first kappa shape index (κ1) is 26.0. The molecule has 2 aromatic carbocycles. The highest BCUT2D eigenvalue weighted by Crippen LogP contribution is 2.21. The highest BCUT2D eigenvalue weighted by molar-refractivity contribution is 7.85. The third-order valence-electron chi connectivity index (χ3n) is 5.91. The van der Waals surface area contributed by atoms with Crippen LogP contribution in [0.25, 0.3) is 11.0 Å². The van der Waals surface area contributed by atoms with Crippen LogP contribution in [0.5, 0.6) is 0 Å². The molecule has 34 heavy (non-hydrogen) atoms. The molecule has 2 heterocycles. The normalized spacial score (nSPS) is 14.8. The van der Waals surface area contributed by atoms with Crippen LogP contribution in [0.1, 0.15) is 37.8 Å². The number of aromatic nitrogens is 2. The van der Waals surface area contributed by atoms with Crippen molar-refractivity contribution < 1.29 is 17.7 Å². The van der Waals surface area contributed by atoms with Crippen molar-refractivity contribution in [1.29, 1.82) is 0 Å². The van der Waals surface area contributed by atoms with Gasteiger partial charge in [-0.2, -0.15) is 8.42 Å². The van der Waals surface area contributed by atoms with E-state index in [1.54, 1.807) is 4.57 Å². The molecule has 3 N–H and O–H groups in total. The first-order valence-electron chi connectivity index (χ1n) is 11.6. The molecular formula is C25H35N3O5S. The molecule has 1 aliphatic heterocycles. The number of ether oxygens (including phenoxy) is 1. The second kappa shape index (κ2) is 11.2. The molecule has 1 aromatic heterocycles. The molecule has 0 unspecified atom stereocenters. The van der Waals surface area contributed by atoms with Crippen LogP contribution >= 0.6 is 0 Å². The SMILES string of the molecule is Cc1ccc(NCC(C)C)c(C)c1.O=c1[nH]c2cc(S(=O)(=O)O)ccc2n1CC1CCOCC1. The maximum Gasteiger partial charge on any atom is 0.326 e. The lowest BCUT2D eigenvalue weighted by Crippen LogP contribution is -2.25. The number of hydrogen-bond donors (Lipinski definition) is 3. The second-order valence-corrected chi connectivity index (χ2v) is 10.8. The molecule has 1 saturated heterocycles. The number of anilines is 1. The predicted molar refractivity (Wildman–Crippen MR) is 135 cm³/mol. The third-order valence-corrected chi connectivity index (χ3v) is 6.76. The van der Waals surface area contributed by atoms with E-state index in [0.717, 1.165) is 19.4 Å². The molecule has 3 aromatic rings. The van der Waals surface area contributed by atoms with Crippen LogP contribution in [0.15, 0.2) is 46.1 Å². The molecule has 1 aliphatic rings. The molecule has 8 nitrogen and oxygen atoms in total. The van der Waals surface area contributed by atoms with Crippen LogP contribution in [0.4, 0.5) is 5.69 Å². The standard InChI is InChI=1S/C13H16N2O5S.C12H19N/c16-13-14-11-7-10(21(17,18)19)1-2-12(11)15(13)8-9-3-5-20-6-4-9;1-9(2)8-13-12-6-5-10(3)7-11(12)4/h1-2,7,9H,3-6,8H2,(H,14,16)(H,17,18,19);5-7,9,13H,8H2,1-4H3. The number of nitrogens with zero attached hydrogens (tertiary/aromatic N) is 1. The fourth-order valence-corrected chi connectivity index (χ4v) is 4.50. The van der Waals surface area contributed by atoms with Crippen LogP contribution in [-0.4, -0.2) is 42.3 Å². The van der Waals surface area contributed by atoms with Gasteiger partial charge in [0.05, 0.1) is 15.9 Å². The van der Waals surface area contributed by atoms with Crippen molar-refractivity contribution in [2.24, 2.45) is 11.8 Å². The number of nitrogens with one attached hydrogen (secondary N) is 2. The first-order valence-corrected chi connectivity index (χ1v) is 13.1. The van der Waals surface area contributed by atoms with Crippen LogP contribution in [0.2, 0.25) is 0 Å². The Balaban J connectivity index is 0.000000215. The summed E-state index contributed by atoms with van der Waals surface area (Å²) in [7, 11) is -4.27. The lowest BCUT2D eigenvalue weighted by atomic mass is 10.0. The van der Waals surface area contributed by atoms with Gasteiger partial charge >= 0.3 is 5.69 Å². The van der Waals surface area contributed by atoms with Crippen LogP contribution in [0, 0.1) is 25.7 Å². The fourth-order valence-electron chi connectivity index (χ4n) is 4.00. The van der Waals surface area contributed by atoms with E-state index in [4.69, 9.17) is 9.29 Å². The first-order chi connectivity index (χ1) is 16.0. The van der Waals surface area contributed by atoms with Crippen molar-refractivity contribution >= 4 is 26.8 Å². The van der Waals surface area contributed by atoms with Crippen LogP contribution in [0.3, 0.4) is 0 Å². The minimum Gasteiger partial charge on any atom is -0.385 e. The summed E-state index contributed by atoms with van der Waals surface area (Å²) in [5.74, 6) is 1.07. The Hall–Kier alpha value is -2.62. The number of aryl methyl sites for hydroxylation is 2. The minimum atomic E-state index is -4.27. The second-order valence-electron chi connectivity index (χ2n) is 9.34. The predicted octanol–water partition coefficient (Wildman–Crippen LogP) is 4.37. The Kier molecular flexibility index (Phi) is 8.57. The average Bonchev–Trinajstić information content (AvgIpc) is 3.08. The van der Waals surface area contributed by atoms with Crippen molar-refractivity contribution in [3.05, 3.63) is 58.0 Å². The van der Waals surface area contributed by atoms with E-state index in [2.05, 4.69) is 56.2 Å². The Bertz CT molecular complexity index is 1270. The Morgan fingerprint density at radius 3 is 2.47 bits per heavy atom. The Labute approximate surface area is 201 Å². The molecule has 0 aliphatic carbocycles.